The number of hydrogen-bond donors (Lipinski definition) is 0. The third kappa shape index (κ3) is 4.69. The number of rotatable bonds is 7. The van der Waals surface area contributed by atoms with Crippen LogP contribution in [0.4, 0.5) is 4.39 Å². The van der Waals surface area contributed by atoms with Crippen molar-refractivity contribution in [3.8, 4) is 0 Å². The van der Waals surface area contributed by atoms with Crippen LogP contribution in [0.2, 0.25) is 0 Å². The number of halogens is 1. The Balaban J connectivity index is 1.96. The Hall–Kier alpha value is -1.63. The second-order valence-electron chi connectivity index (χ2n) is 7.41. The molecule has 0 N–H and O–H groups in total. The lowest BCUT2D eigenvalue weighted by Crippen LogP contribution is -2.01. The molecule has 0 aromatic heterocycles. The van der Waals surface area contributed by atoms with E-state index in [0.29, 0.717) is 17.8 Å². The second kappa shape index (κ2) is 8.46. The van der Waals surface area contributed by atoms with Gasteiger partial charge in [0, 0.05) is 0 Å². The van der Waals surface area contributed by atoms with Crippen LogP contribution in [-0.2, 0) is 6.42 Å². The fourth-order valence-corrected chi connectivity index (χ4v) is 3.21. The zero-order valence-electron chi connectivity index (χ0n) is 15.8. The van der Waals surface area contributed by atoms with E-state index in [1.165, 1.54) is 16.7 Å². The first-order valence-electron chi connectivity index (χ1n) is 9.30. The van der Waals surface area contributed by atoms with Gasteiger partial charge in [-0.05, 0) is 65.3 Å². The molecule has 0 spiro atoms. The Morgan fingerprint density at radius 2 is 1.25 bits per heavy atom. The average Bonchev–Trinajstić information content (AvgIpc) is 2.59. The van der Waals surface area contributed by atoms with Gasteiger partial charge in [-0.15, -0.1) is 0 Å². The first-order valence-corrected chi connectivity index (χ1v) is 9.30. The van der Waals surface area contributed by atoms with Crippen LogP contribution in [0.3, 0.4) is 0 Å². The maximum Gasteiger partial charge on any atom is 0.126 e. The molecule has 0 saturated carbocycles. The maximum atomic E-state index is 13.7. The van der Waals surface area contributed by atoms with Crippen LogP contribution in [0.25, 0.3) is 0 Å². The van der Waals surface area contributed by atoms with Crippen LogP contribution in [0.1, 0.15) is 87.5 Å². The molecule has 0 aliphatic carbocycles. The monoisotopic (exact) mass is 326 g/mol. The third-order valence-corrected chi connectivity index (χ3v) is 5.22. The zero-order chi connectivity index (χ0) is 17.7. The number of benzene rings is 2. The highest BCUT2D eigenvalue weighted by Crippen LogP contribution is 2.29. The maximum absolute atomic E-state index is 13.7. The molecule has 0 bridgehead atoms. The predicted molar refractivity (Wildman–Crippen MR) is 102 cm³/mol. The summed E-state index contributed by atoms with van der Waals surface area (Å²) >= 11 is 0. The molecule has 0 nitrogen and oxygen atoms in total. The van der Waals surface area contributed by atoms with Gasteiger partial charge < -0.3 is 0 Å². The Morgan fingerprint density at radius 3 is 1.79 bits per heavy atom. The molecule has 2 unspecified atom stereocenters. The quantitative estimate of drug-likeness (QED) is 0.504. The normalized spacial score (nSPS) is 14.0. The van der Waals surface area contributed by atoms with E-state index in [1.807, 2.05) is 19.1 Å². The lowest BCUT2D eigenvalue weighted by molar-refractivity contribution is 0.569. The Kier molecular flexibility index (Phi) is 6.60. The molecule has 0 heterocycles. The molecule has 2 atom stereocenters. The van der Waals surface area contributed by atoms with Gasteiger partial charge in [0.05, 0.1) is 0 Å². The summed E-state index contributed by atoms with van der Waals surface area (Å²) in [5, 5.41) is 0. The minimum atomic E-state index is -0.0768. The van der Waals surface area contributed by atoms with Gasteiger partial charge in [-0.2, -0.15) is 0 Å². The van der Waals surface area contributed by atoms with Crippen molar-refractivity contribution in [2.45, 2.75) is 71.6 Å². The molecule has 1 heteroatoms. The molecule has 0 radical (unpaired) electrons. The van der Waals surface area contributed by atoms with Crippen molar-refractivity contribution in [2.24, 2.45) is 0 Å². The minimum Gasteiger partial charge on any atom is -0.207 e. The van der Waals surface area contributed by atoms with Crippen molar-refractivity contribution in [3.63, 3.8) is 0 Å². The van der Waals surface area contributed by atoms with E-state index < -0.39 is 0 Å². The van der Waals surface area contributed by atoms with Gasteiger partial charge in [0.15, 0.2) is 0 Å². The van der Waals surface area contributed by atoms with Gasteiger partial charge in [0.1, 0.15) is 5.82 Å². The molecule has 2 aromatic rings. The second-order valence-corrected chi connectivity index (χ2v) is 7.41. The molecule has 0 aliphatic rings. The van der Waals surface area contributed by atoms with Crippen molar-refractivity contribution >= 4 is 0 Å². The van der Waals surface area contributed by atoms with Crippen molar-refractivity contribution in [1.82, 2.24) is 0 Å². The SMILES string of the molecule is CCc1cc(C(C)CCC(C)c2ccc(C(C)C)cc2)ccc1F. The Morgan fingerprint density at radius 1 is 0.750 bits per heavy atom. The van der Waals surface area contributed by atoms with E-state index in [1.54, 1.807) is 6.07 Å². The molecule has 2 aromatic carbocycles. The molecule has 2 rings (SSSR count). The molecular weight excluding hydrogens is 295 g/mol. The molecule has 130 valence electrons. The molecule has 0 fully saturated rings. The first kappa shape index (κ1) is 18.7. The van der Waals surface area contributed by atoms with Crippen LogP contribution >= 0.6 is 0 Å². The summed E-state index contributed by atoms with van der Waals surface area (Å²) in [4.78, 5) is 0. The highest BCUT2D eigenvalue weighted by Gasteiger charge is 2.12. The standard InChI is InChI=1S/C23H31F/c1-6-19-15-22(13-14-23(19)24)18(5)8-7-17(4)21-11-9-20(10-12-21)16(2)3/h9-18H,6-8H2,1-5H3. The van der Waals surface area contributed by atoms with Crippen LogP contribution in [0.5, 0.6) is 0 Å². The van der Waals surface area contributed by atoms with Crippen LogP contribution in [0, 0.1) is 5.82 Å². The van der Waals surface area contributed by atoms with Gasteiger partial charge in [-0.25, -0.2) is 4.39 Å². The van der Waals surface area contributed by atoms with E-state index in [4.69, 9.17) is 0 Å². The summed E-state index contributed by atoms with van der Waals surface area (Å²) in [6, 6.07) is 14.7. The van der Waals surface area contributed by atoms with Gasteiger partial charge in [-0.3, -0.25) is 0 Å². The fraction of sp³-hybridized carbons (Fsp3) is 0.478. The van der Waals surface area contributed by atoms with E-state index in [9.17, 15) is 4.39 Å². The van der Waals surface area contributed by atoms with Crippen molar-refractivity contribution in [1.29, 1.82) is 0 Å². The molecule has 0 aliphatic heterocycles. The molecule has 24 heavy (non-hydrogen) atoms. The summed E-state index contributed by atoms with van der Waals surface area (Å²) in [6.45, 7) is 11.0. The summed E-state index contributed by atoms with van der Waals surface area (Å²) in [7, 11) is 0. The summed E-state index contributed by atoms with van der Waals surface area (Å²) in [6.07, 6.45) is 3.04. The lowest BCUT2D eigenvalue weighted by atomic mass is 9.88. The van der Waals surface area contributed by atoms with E-state index in [2.05, 4.69) is 52.0 Å². The summed E-state index contributed by atoms with van der Waals surface area (Å²) < 4.78 is 13.7. The Bertz CT molecular complexity index is 640. The predicted octanol–water partition coefficient (Wildman–Crippen LogP) is 7.20. The van der Waals surface area contributed by atoms with Gasteiger partial charge in [-0.1, -0.05) is 71.0 Å². The van der Waals surface area contributed by atoms with Crippen molar-refractivity contribution in [2.75, 3.05) is 0 Å². The first-order chi connectivity index (χ1) is 11.4. The van der Waals surface area contributed by atoms with Gasteiger partial charge >= 0.3 is 0 Å². The fourth-order valence-electron chi connectivity index (χ4n) is 3.21. The zero-order valence-corrected chi connectivity index (χ0v) is 15.8. The van der Waals surface area contributed by atoms with E-state index >= 15 is 0 Å². The smallest absolute Gasteiger partial charge is 0.126 e. The number of hydrogen-bond acceptors (Lipinski definition) is 0. The topological polar surface area (TPSA) is 0 Å². The third-order valence-electron chi connectivity index (χ3n) is 5.22. The average molecular weight is 326 g/mol. The van der Waals surface area contributed by atoms with Crippen molar-refractivity contribution in [3.05, 3.63) is 70.5 Å². The Labute approximate surface area is 147 Å². The molecular formula is C23H31F. The summed E-state index contributed by atoms with van der Waals surface area (Å²) in [5.74, 6) is 1.53. The van der Waals surface area contributed by atoms with Gasteiger partial charge in [0.2, 0.25) is 0 Å². The largest absolute Gasteiger partial charge is 0.207 e. The lowest BCUT2D eigenvalue weighted by Gasteiger charge is -2.18. The number of aryl methyl sites for hydroxylation is 1. The minimum absolute atomic E-state index is 0.0768. The van der Waals surface area contributed by atoms with Crippen molar-refractivity contribution < 1.29 is 4.39 Å². The van der Waals surface area contributed by atoms with Crippen LogP contribution < -0.4 is 0 Å². The summed E-state index contributed by atoms with van der Waals surface area (Å²) in [5.41, 5.74) is 4.91. The highest BCUT2D eigenvalue weighted by atomic mass is 19.1. The molecule has 0 amide bonds. The van der Waals surface area contributed by atoms with Gasteiger partial charge in [0.25, 0.3) is 0 Å². The van der Waals surface area contributed by atoms with E-state index in [0.717, 1.165) is 24.8 Å². The van der Waals surface area contributed by atoms with E-state index in [-0.39, 0.29) is 5.82 Å². The molecule has 0 saturated heterocycles. The van der Waals surface area contributed by atoms with Crippen LogP contribution in [0.15, 0.2) is 42.5 Å². The highest BCUT2D eigenvalue weighted by molar-refractivity contribution is 5.29. The van der Waals surface area contributed by atoms with Crippen LogP contribution in [-0.4, -0.2) is 0 Å².